The lowest BCUT2D eigenvalue weighted by atomic mass is 10.2. The molecule has 0 bridgehead atoms. The molecule has 0 spiro atoms. The molecule has 1 atom stereocenters. The van der Waals surface area contributed by atoms with Gasteiger partial charge in [0.2, 0.25) is 0 Å². The van der Waals surface area contributed by atoms with Crippen molar-refractivity contribution in [2.24, 2.45) is 0 Å². The predicted molar refractivity (Wildman–Crippen MR) is 44.1 cm³/mol. The van der Waals surface area contributed by atoms with E-state index in [9.17, 15) is 5.11 Å². The molecule has 1 fully saturated rings. The third-order valence-electron chi connectivity index (χ3n) is 2.06. The first-order valence-electron chi connectivity index (χ1n) is 4.38. The van der Waals surface area contributed by atoms with E-state index in [0.29, 0.717) is 0 Å². The molecule has 0 aromatic heterocycles. The van der Waals surface area contributed by atoms with Crippen molar-refractivity contribution in [2.45, 2.75) is 19.4 Å². The van der Waals surface area contributed by atoms with E-state index in [0.717, 1.165) is 39.1 Å². The number of piperazine rings is 1. The van der Waals surface area contributed by atoms with Crippen LogP contribution in [-0.4, -0.2) is 43.7 Å². The SMILES string of the molecule is CC([O])CCN1CCNCC1. The Kier molecular flexibility index (Phi) is 3.83. The Labute approximate surface area is 68.4 Å². The molecule has 1 radical (unpaired) electrons. The summed E-state index contributed by atoms with van der Waals surface area (Å²) in [5, 5.41) is 14.0. The largest absolute Gasteiger partial charge is 0.314 e. The van der Waals surface area contributed by atoms with Crippen molar-refractivity contribution < 1.29 is 5.11 Å². The molecule has 11 heavy (non-hydrogen) atoms. The van der Waals surface area contributed by atoms with Gasteiger partial charge in [-0.1, -0.05) is 0 Å². The highest BCUT2D eigenvalue weighted by Gasteiger charge is 2.09. The standard InChI is InChI=1S/C8H17N2O/c1-8(11)2-5-10-6-3-9-4-7-10/h8-9H,2-7H2,1H3. The molecule has 0 saturated carbocycles. The van der Waals surface area contributed by atoms with Gasteiger partial charge in [0.25, 0.3) is 0 Å². The van der Waals surface area contributed by atoms with Gasteiger partial charge in [-0.25, -0.2) is 5.11 Å². The zero-order valence-corrected chi connectivity index (χ0v) is 7.18. The van der Waals surface area contributed by atoms with Crippen LogP contribution < -0.4 is 5.32 Å². The molecule has 65 valence electrons. The van der Waals surface area contributed by atoms with Gasteiger partial charge in [0, 0.05) is 32.7 Å². The maximum absolute atomic E-state index is 10.7. The van der Waals surface area contributed by atoms with E-state index in [4.69, 9.17) is 0 Å². The van der Waals surface area contributed by atoms with Crippen molar-refractivity contribution >= 4 is 0 Å². The van der Waals surface area contributed by atoms with Crippen LogP contribution in [0.15, 0.2) is 0 Å². The Morgan fingerprint density at radius 1 is 1.45 bits per heavy atom. The van der Waals surface area contributed by atoms with E-state index in [-0.39, 0.29) is 0 Å². The first-order chi connectivity index (χ1) is 5.29. The van der Waals surface area contributed by atoms with Crippen LogP contribution >= 0.6 is 0 Å². The topological polar surface area (TPSA) is 35.2 Å². The van der Waals surface area contributed by atoms with Crippen LogP contribution in [0.3, 0.4) is 0 Å². The molecule has 0 amide bonds. The number of rotatable bonds is 3. The number of nitrogens with one attached hydrogen (secondary N) is 1. The molecule has 1 saturated heterocycles. The molecule has 3 nitrogen and oxygen atoms in total. The summed E-state index contributed by atoms with van der Waals surface area (Å²) in [6.45, 7) is 7.08. The highest BCUT2D eigenvalue weighted by molar-refractivity contribution is 4.67. The van der Waals surface area contributed by atoms with Crippen LogP contribution in [0.4, 0.5) is 0 Å². The average molecular weight is 157 g/mol. The van der Waals surface area contributed by atoms with Crippen LogP contribution in [-0.2, 0) is 5.11 Å². The summed E-state index contributed by atoms with van der Waals surface area (Å²) in [6.07, 6.45) is 0.393. The zero-order chi connectivity index (χ0) is 8.10. The third kappa shape index (κ3) is 3.70. The van der Waals surface area contributed by atoms with Crippen LogP contribution in [0.2, 0.25) is 0 Å². The maximum Gasteiger partial charge on any atom is 0.0914 e. The smallest absolute Gasteiger partial charge is 0.0914 e. The number of nitrogens with zero attached hydrogens (tertiary/aromatic N) is 1. The summed E-state index contributed by atoms with van der Waals surface area (Å²) >= 11 is 0. The summed E-state index contributed by atoms with van der Waals surface area (Å²) in [5.41, 5.74) is 0. The molecular weight excluding hydrogens is 140 g/mol. The fourth-order valence-corrected chi connectivity index (χ4v) is 1.30. The van der Waals surface area contributed by atoms with Gasteiger partial charge in [-0.3, -0.25) is 0 Å². The van der Waals surface area contributed by atoms with Gasteiger partial charge < -0.3 is 10.2 Å². The normalized spacial score (nSPS) is 23.5. The van der Waals surface area contributed by atoms with E-state index in [1.54, 1.807) is 6.92 Å². The number of hydrogen-bond donors (Lipinski definition) is 1. The zero-order valence-electron chi connectivity index (χ0n) is 7.18. The van der Waals surface area contributed by atoms with Crippen molar-refractivity contribution in [3.8, 4) is 0 Å². The van der Waals surface area contributed by atoms with Gasteiger partial charge in [0.15, 0.2) is 0 Å². The van der Waals surface area contributed by atoms with E-state index in [1.165, 1.54) is 0 Å². The maximum atomic E-state index is 10.7. The molecule has 1 aliphatic rings. The summed E-state index contributed by atoms with van der Waals surface area (Å²) in [4.78, 5) is 2.35. The summed E-state index contributed by atoms with van der Waals surface area (Å²) in [5.74, 6) is 0. The number of hydrogen-bond acceptors (Lipinski definition) is 2. The fraction of sp³-hybridized carbons (Fsp3) is 1.00. The van der Waals surface area contributed by atoms with Crippen molar-refractivity contribution in [2.75, 3.05) is 32.7 Å². The second-order valence-electron chi connectivity index (χ2n) is 3.19. The Morgan fingerprint density at radius 2 is 2.09 bits per heavy atom. The third-order valence-corrected chi connectivity index (χ3v) is 2.06. The molecule has 1 N–H and O–H groups in total. The van der Waals surface area contributed by atoms with Crippen LogP contribution in [0.1, 0.15) is 13.3 Å². The first-order valence-corrected chi connectivity index (χ1v) is 4.38. The molecule has 1 unspecified atom stereocenters. The van der Waals surface area contributed by atoms with Gasteiger partial charge >= 0.3 is 0 Å². The van der Waals surface area contributed by atoms with Crippen molar-refractivity contribution in [1.29, 1.82) is 0 Å². The lowest BCUT2D eigenvalue weighted by molar-refractivity contribution is 0.0827. The van der Waals surface area contributed by atoms with Gasteiger partial charge in [0.05, 0.1) is 6.10 Å². The summed E-state index contributed by atoms with van der Waals surface area (Å²) < 4.78 is 0. The Balaban J connectivity index is 2.05. The minimum Gasteiger partial charge on any atom is -0.314 e. The van der Waals surface area contributed by atoms with Gasteiger partial charge in [0.1, 0.15) is 0 Å². The van der Waals surface area contributed by atoms with Crippen molar-refractivity contribution in [3.63, 3.8) is 0 Å². The first kappa shape index (κ1) is 8.97. The van der Waals surface area contributed by atoms with Crippen LogP contribution in [0.5, 0.6) is 0 Å². The van der Waals surface area contributed by atoms with E-state index >= 15 is 0 Å². The second kappa shape index (κ2) is 4.70. The monoisotopic (exact) mass is 157 g/mol. The highest BCUT2D eigenvalue weighted by Crippen LogP contribution is 1.97. The molecule has 0 aliphatic carbocycles. The highest BCUT2D eigenvalue weighted by atomic mass is 16.3. The molecular formula is C8H17N2O. The average Bonchev–Trinajstić information content (AvgIpc) is 2.03. The fourth-order valence-electron chi connectivity index (χ4n) is 1.30. The minimum atomic E-state index is -0.398. The minimum absolute atomic E-state index is 0.398. The quantitative estimate of drug-likeness (QED) is 0.630. The molecule has 1 aliphatic heterocycles. The second-order valence-corrected chi connectivity index (χ2v) is 3.19. The van der Waals surface area contributed by atoms with E-state index < -0.39 is 6.10 Å². The Bertz CT molecular complexity index is 100. The van der Waals surface area contributed by atoms with Gasteiger partial charge in [-0.15, -0.1) is 0 Å². The van der Waals surface area contributed by atoms with Gasteiger partial charge in [-0.2, -0.15) is 0 Å². The summed E-state index contributed by atoms with van der Waals surface area (Å²) in [7, 11) is 0. The molecule has 0 aromatic carbocycles. The van der Waals surface area contributed by atoms with E-state index in [1.807, 2.05) is 0 Å². The van der Waals surface area contributed by atoms with Crippen molar-refractivity contribution in [3.05, 3.63) is 0 Å². The van der Waals surface area contributed by atoms with Crippen LogP contribution in [0.25, 0.3) is 0 Å². The lowest BCUT2D eigenvalue weighted by Crippen LogP contribution is -2.44. The molecule has 3 heteroatoms. The molecule has 1 rings (SSSR count). The summed E-state index contributed by atoms with van der Waals surface area (Å²) in [6, 6.07) is 0. The van der Waals surface area contributed by atoms with Crippen LogP contribution in [0, 0.1) is 0 Å². The Hall–Kier alpha value is -0.120. The lowest BCUT2D eigenvalue weighted by Gasteiger charge is -2.27. The van der Waals surface area contributed by atoms with E-state index in [2.05, 4.69) is 10.2 Å². The molecule has 0 aromatic rings. The van der Waals surface area contributed by atoms with Gasteiger partial charge in [-0.05, 0) is 13.3 Å². The predicted octanol–water partition coefficient (Wildman–Crippen LogP) is 0.101. The molecule has 1 heterocycles. The van der Waals surface area contributed by atoms with Crippen molar-refractivity contribution in [1.82, 2.24) is 10.2 Å². The Morgan fingerprint density at radius 3 is 2.64 bits per heavy atom.